The summed E-state index contributed by atoms with van der Waals surface area (Å²) in [6.07, 6.45) is 1.24. The molecule has 1 rings (SSSR count). The van der Waals surface area contributed by atoms with Crippen LogP contribution in [0.1, 0.15) is 12.0 Å². The summed E-state index contributed by atoms with van der Waals surface area (Å²) in [4.78, 5) is 1.42. The van der Waals surface area contributed by atoms with Crippen molar-refractivity contribution in [2.45, 2.75) is 18.2 Å². The minimum Gasteiger partial charge on any atom is -0.126 e. The Morgan fingerprint density at radius 2 is 2.08 bits per heavy atom. The maximum Gasteiger partial charge on any atom is 0.0101 e. The normalized spacial score (nSPS) is 10.2. The molecular formula is C10H13BrS. The Kier molecular flexibility index (Phi) is 4.77. The van der Waals surface area contributed by atoms with Crippen molar-refractivity contribution in [2.75, 3.05) is 11.1 Å². The summed E-state index contributed by atoms with van der Waals surface area (Å²) in [5.74, 6) is 1.20. The minimum atomic E-state index is 1.10. The van der Waals surface area contributed by atoms with E-state index in [2.05, 4.69) is 47.1 Å². The van der Waals surface area contributed by atoms with Gasteiger partial charge < -0.3 is 0 Å². The van der Waals surface area contributed by atoms with Crippen molar-refractivity contribution in [1.82, 2.24) is 0 Å². The Labute approximate surface area is 86.9 Å². The number of hydrogen-bond donors (Lipinski definition) is 0. The molecule has 0 fully saturated rings. The minimum absolute atomic E-state index is 1.10. The van der Waals surface area contributed by atoms with Crippen LogP contribution in [0.25, 0.3) is 0 Å². The number of alkyl halides is 1. The Hall–Kier alpha value is 0.0500. The van der Waals surface area contributed by atoms with Crippen molar-refractivity contribution in [3.63, 3.8) is 0 Å². The lowest BCUT2D eigenvalue weighted by atomic mass is 10.2. The quantitative estimate of drug-likeness (QED) is 0.441. The fourth-order valence-corrected chi connectivity index (χ4v) is 2.59. The molecule has 0 aliphatic carbocycles. The van der Waals surface area contributed by atoms with Gasteiger partial charge in [-0.25, -0.2) is 0 Å². The molecule has 0 aromatic heterocycles. The van der Waals surface area contributed by atoms with Crippen LogP contribution in [0.2, 0.25) is 0 Å². The van der Waals surface area contributed by atoms with Gasteiger partial charge in [0, 0.05) is 10.2 Å². The second-order valence-electron chi connectivity index (χ2n) is 2.66. The van der Waals surface area contributed by atoms with Crippen molar-refractivity contribution in [3.05, 3.63) is 29.8 Å². The predicted molar refractivity (Wildman–Crippen MR) is 60.3 cm³/mol. The highest BCUT2D eigenvalue weighted by atomic mass is 79.9. The van der Waals surface area contributed by atoms with Crippen LogP contribution in [0.5, 0.6) is 0 Å². The summed E-state index contributed by atoms with van der Waals surface area (Å²) >= 11 is 5.37. The molecule has 0 amide bonds. The zero-order valence-corrected chi connectivity index (χ0v) is 9.62. The molecule has 0 atom stereocenters. The van der Waals surface area contributed by atoms with Crippen LogP contribution in [0.4, 0.5) is 0 Å². The van der Waals surface area contributed by atoms with E-state index in [0.29, 0.717) is 0 Å². The van der Waals surface area contributed by atoms with Gasteiger partial charge in [0.2, 0.25) is 0 Å². The van der Waals surface area contributed by atoms with Gasteiger partial charge in [-0.3, -0.25) is 0 Å². The summed E-state index contributed by atoms with van der Waals surface area (Å²) in [6, 6.07) is 8.54. The predicted octanol–water partition coefficient (Wildman–Crippen LogP) is 3.87. The van der Waals surface area contributed by atoms with Gasteiger partial charge in [0.05, 0.1) is 0 Å². The van der Waals surface area contributed by atoms with E-state index in [1.807, 2.05) is 11.8 Å². The Balaban J connectivity index is 2.46. The van der Waals surface area contributed by atoms with Crippen molar-refractivity contribution in [3.8, 4) is 0 Å². The lowest BCUT2D eigenvalue weighted by molar-refractivity contribution is 1.13. The fraction of sp³-hybridized carbons (Fsp3) is 0.400. The van der Waals surface area contributed by atoms with E-state index in [0.717, 1.165) is 5.33 Å². The molecule has 0 bridgehead atoms. The molecule has 0 unspecified atom stereocenters. The van der Waals surface area contributed by atoms with Gasteiger partial charge in [-0.15, -0.1) is 11.8 Å². The van der Waals surface area contributed by atoms with Gasteiger partial charge in [-0.1, -0.05) is 34.1 Å². The van der Waals surface area contributed by atoms with E-state index < -0.39 is 0 Å². The van der Waals surface area contributed by atoms with Crippen LogP contribution in [0, 0.1) is 6.92 Å². The number of aryl methyl sites for hydroxylation is 1. The number of thioether (sulfide) groups is 1. The Morgan fingerprint density at radius 3 is 2.75 bits per heavy atom. The largest absolute Gasteiger partial charge is 0.126 e. The first-order valence-electron chi connectivity index (χ1n) is 4.09. The molecule has 0 spiro atoms. The Morgan fingerprint density at radius 1 is 1.33 bits per heavy atom. The molecule has 0 radical (unpaired) electrons. The second kappa shape index (κ2) is 5.65. The molecule has 0 N–H and O–H groups in total. The number of halogens is 1. The molecule has 2 heteroatoms. The van der Waals surface area contributed by atoms with Crippen molar-refractivity contribution >= 4 is 27.7 Å². The van der Waals surface area contributed by atoms with Crippen LogP contribution < -0.4 is 0 Å². The van der Waals surface area contributed by atoms with E-state index in [4.69, 9.17) is 0 Å². The monoisotopic (exact) mass is 244 g/mol. The van der Waals surface area contributed by atoms with Gasteiger partial charge in [0.1, 0.15) is 0 Å². The number of benzene rings is 1. The van der Waals surface area contributed by atoms with Crippen molar-refractivity contribution in [1.29, 1.82) is 0 Å². The standard InChI is InChI=1S/C10H13BrS/c1-9-5-2-3-6-10(9)12-8-4-7-11/h2-3,5-6H,4,7-8H2,1H3. The first kappa shape index (κ1) is 10.1. The SMILES string of the molecule is Cc1ccccc1SCCCBr. The molecule has 66 valence electrons. The van der Waals surface area contributed by atoms with Crippen molar-refractivity contribution in [2.24, 2.45) is 0 Å². The highest BCUT2D eigenvalue weighted by Crippen LogP contribution is 2.22. The van der Waals surface area contributed by atoms with E-state index in [9.17, 15) is 0 Å². The van der Waals surface area contributed by atoms with Crippen LogP contribution in [-0.2, 0) is 0 Å². The van der Waals surface area contributed by atoms with Crippen LogP contribution >= 0.6 is 27.7 Å². The first-order chi connectivity index (χ1) is 5.84. The summed E-state index contributed by atoms with van der Waals surface area (Å²) in [7, 11) is 0. The summed E-state index contributed by atoms with van der Waals surface area (Å²) in [6.45, 7) is 2.16. The average molecular weight is 245 g/mol. The van der Waals surface area contributed by atoms with Crippen LogP contribution in [-0.4, -0.2) is 11.1 Å². The molecule has 0 nitrogen and oxygen atoms in total. The van der Waals surface area contributed by atoms with Gasteiger partial charge in [0.15, 0.2) is 0 Å². The molecule has 0 heterocycles. The second-order valence-corrected chi connectivity index (χ2v) is 4.59. The van der Waals surface area contributed by atoms with Crippen LogP contribution in [0.3, 0.4) is 0 Å². The van der Waals surface area contributed by atoms with E-state index in [1.54, 1.807) is 0 Å². The van der Waals surface area contributed by atoms with Gasteiger partial charge in [-0.2, -0.15) is 0 Å². The van der Waals surface area contributed by atoms with Crippen molar-refractivity contribution < 1.29 is 0 Å². The smallest absolute Gasteiger partial charge is 0.0101 e. The summed E-state index contributed by atoms with van der Waals surface area (Å²) in [5.41, 5.74) is 1.39. The number of rotatable bonds is 4. The maximum absolute atomic E-state index is 3.43. The molecule has 0 aliphatic rings. The van der Waals surface area contributed by atoms with Crippen LogP contribution in [0.15, 0.2) is 29.2 Å². The topological polar surface area (TPSA) is 0 Å². The zero-order chi connectivity index (χ0) is 8.81. The third kappa shape index (κ3) is 3.20. The molecule has 0 aliphatic heterocycles. The summed E-state index contributed by atoms with van der Waals surface area (Å²) < 4.78 is 0. The molecule has 0 saturated carbocycles. The van der Waals surface area contributed by atoms with Gasteiger partial charge >= 0.3 is 0 Å². The molecular weight excluding hydrogens is 232 g/mol. The number of hydrogen-bond acceptors (Lipinski definition) is 1. The fourth-order valence-electron chi connectivity index (χ4n) is 0.955. The van der Waals surface area contributed by atoms with E-state index in [1.165, 1.54) is 22.6 Å². The third-order valence-electron chi connectivity index (χ3n) is 1.63. The van der Waals surface area contributed by atoms with E-state index in [-0.39, 0.29) is 0 Å². The van der Waals surface area contributed by atoms with Gasteiger partial charge in [-0.05, 0) is 30.7 Å². The highest BCUT2D eigenvalue weighted by Gasteiger charge is 1.95. The molecule has 0 saturated heterocycles. The summed E-state index contributed by atoms with van der Waals surface area (Å²) in [5, 5.41) is 1.10. The van der Waals surface area contributed by atoms with Gasteiger partial charge in [0.25, 0.3) is 0 Å². The molecule has 1 aromatic carbocycles. The Bertz CT molecular complexity index is 235. The average Bonchev–Trinajstić information content (AvgIpc) is 2.09. The van der Waals surface area contributed by atoms with E-state index >= 15 is 0 Å². The zero-order valence-electron chi connectivity index (χ0n) is 7.22. The lowest BCUT2D eigenvalue weighted by Crippen LogP contribution is -1.82. The molecule has 1 aromatic rings. The highest BCUT2D eigenvalue weighted by molar-refractivity contribution is 9.09. The maximum atomic E-state index is 3.43. The third-order valence-corrected chi connectivity index (χ3v) is 3.45. The molecule has 12 heavy (non-hydrogen) atoms. The first-order valence-corrected chi connectivity index (χ1v) is 6.19. The lowest BCUT2D eigenvalue weighted by Gasteiger charge is -2.02.